The van der Waals surface area contributed by atoms with E-state index in [0.717, 1.165) is 5.69 Å². The van der Waals surface area contributed by atoms with E-state index in [0.29, 0.717) is 29.9 Å². The second-order valence-corrected chi connectivity index (χ2v) is 5.21. The van der Waals surface area contributed by atoms with Gasteiger partial charge in [-0.3, -0.25) is 0 Å². The van der Waals surface area contributed by atoms with E-state index >= 15 is 0 Å². The number of fused-ring (bicyclic) bond motifs is 1. The van der Waals surface area contributed by atoms with Crippen LogP contribution in [0.15, 0.2) is 51.7 Å². The molecule has 0 saturated heterocycles. The van der Waals surface area contributed by atoms with Gasteiger partial charge in [0.1, 0.15) is 11.3 Å². The van der Waals surface area contributed by atoms with Crippen LogP contribution >= 0.6 is 0 Å². The summed E-state index contributed by atoms with van der Waals surface area (Å²) in [6, 6.07) is 11.4. The van der Waals surface area contributed by atoms with Crippen molar-refractivity contribution < 1.29 is 19.4 Å². The number of phenolic OH excluding ortho intramolecular Hbond substituents is 2. The molecule has 0 atom stereocenters. The average Bonchev–Trinajstić information content (AvgIpc) is 2.56. The van der Waals surface area contributed by atoms with E-state index in [-0.39, 0.29) is 17.1 Å². The Morgan fingerprint density at radius 3 is 2.67 bits per heavy atom. The Morgan fingerprint density at radius 1 is 1.12 bits per heavy atom. The fraction of sp³-hybridized carbons (Fsp3) is 0.167. The molecule has 3 aromatic rings. The third-order valence-corrected chi connectivity index (χ3v) is 3.58. The van der Waals surface area contributed by atoms with Crippen LogP contribution in [0.1, 0.15) is 12.5 Å². The Balaban J connectivity index is 1.96. The van der Waals surface area contributed by atoms with Crippen molar-refractivity contribution in [1.29, 1.82) is 0 Å². The number of nitrogens with one attached hydrogen (secondary N) is 1. The first-order chi connectivity index (χ1) is 11.6. The zero-order valence-corrected chi connectivity index (χ0v) is 13.1. The predicted molar refractivity (Wildman–Crippen MR) is 90.8 cm³/mol. The van der Waals surface area contributed by atoms with E-state index in [4.69, 9.17) is 9.15 Å². The summed E-state index contributed by atoms with van der Waals surface area (Å²) in [5, 5.41) is 23.0. The Bertz CT molecular complexity index is 932. The van der Waals surface area contributed by atoms with Gasteiger partial charge in [-0.15, -0.1) is 0 Å². The molecule has 6 heteroatoms. The van der Waals surface area contributed by atoms with Crippen molar-refractivity contribution in [3.05, 3.63) is 58.4 Å². The second-order valence-electron chi connectivity index (χ2n) is 5.21. The SMILES string of the molecule is CCOc1ccccc1NCc1cc(=O)oc2cc(O)c(O)cc12. The van der Waals surface area contributed by atoms with Gasteiger partial charge in [-0.2, -0.15) is 0 Å². The van der Waals surface area contributed by atoms with Gasteiger partial charge >= 0.3 is 5.63 Å². The van der Waals surface area contributed by atoms with Gasteiger partial charge in [-0.1, -0.05) is 12.1 Å². The largest absolute Gasteiger partial charge is 0.504 e. The molecular weight excluding hydrogens is 310 g/mol. The van der Waals surface area contributed by atoms with E-state index < -0.39 is 5.63 Å². The molecule has 0 aliphatic heterocycles. The van der Waals surface area contributed by atoms with E-state index in [1.807, 2.05) is 31.2 Å². The highest BCUT2D eigenvalue weighted by Gasteiger charge is 2.11. The second kappa shape index (κ2) is 6.54. The number of rotatable bonds is 5. The molecule has 3 rings (SSSR count). The molecule has 0 bridgehead atoms. The summed E-state index contributed by atoms with van der Waals surface area (Å²) in [5.41, 5.74) is 1.13. The minimum absolute atomic E-state index is 0.215. The van der Waals surface area contributed by atoms with Crippen LogP contribution in [0.4, 0.5) is 5.69 Å². The van der Waals surface area contributed by atoms with Crippen molar-refractivity contribution in [3.63, 3.8) is 0 Å². The van der Waals surface area contributed by atoms with E-state index in [9.17, 15) is 15.0 Å². The first kappa shape index (κ1) is 15.7. The van der Waals surface area contributed by atoms with Crippen LogP contribution < -0.4 is 15.7 Å². The lowest BCUT2D eigenvalue weighted by molar-refractivity contribution is 0.341. The van der Waals surface area contributed by atoms with Crippen LogP contribution in [0.25, 0.3) is 11.0 Å². The molecule has 0 aliphatic carbocycles. The van der Waals surface area contributed by atoms with Crippen LogP contribution in [-0.2, 0) is 6.54 Å². The summed E-state index contributed by atoms with van der Waals surface area (Å²) < 4.78 is 10.6. The highest BCUT2D eigenvalue weighted by atomic mass is 16.5. The molecule has 2 aromatic carbocycles. The average molecular weight is 327 g/mol. The molecule has 0 unspecified atom stereocenters. The first-order valence-corrected chi connectivity index (χ1v) is 7.53. The van der Waals surface area contributed by atoms with Crippen LogP contribution in [0, 0.1) is 0 Å². The number of para-hydroxylation sites is 2. The van der Waals surface area contributed by atoms with Gasteiger partial charge in [0, 0.05) is 24.1 Å². The molecule has 0 fully saturated rings. The lowest BCUT2D eigenvalue weighted by atomic mass is 10.1. The number of ether oxygens (including phenoxy) is 1. The molecule has 24 heavy (non-hydrogen) atoms. The Kier molecular flexibility index (Phi) is 4.29. The number of hydrogen-bond acceptors (Lipinski definition) is 6. The van der Waals surface area contributed by atoms with Crippen LogP contribution in [0.5, 0.6) is 17.2 Å². The summed E-state index contributed by atoms with van der Waals surface area (Å²) in [6.45, 7) is 2.78. The third-order valence-electron chi connectivity index (χ3n) is 3.58. The fourth-order valence-electron chi connectivity index (χ4n) is 2.48. The lowest BCUT2D eigenvalue weighted by Gasteiger charge is -2.13. The van der Waals surface area contributed by atoms with Crippen LogP contribution in [-0.4, -0.2) is 16.8 Å². The summed E-state index contributed by atoms with van der Waals surface area (Å²) >= 11 is 0. The third kappa shape index (κ3) is 3.12. The van der Waals surface area contributed by atoms with Crippen LogP contribution in [0.3, 0.4) is 0 Å². The quantitative estimate of drug-likeness (QED) is 0.492. The van der Waals surface area contributed by atoms with Crippen molar-refractivity contribution in [3.8, 4) is 17.2 Å². The topological polar surface area (TPSA) is 91.9 Å². The van der Waals surface area contributed by atoms with Gasteiger partial charge in [0.15, 0.2) is 11.5 Å². The Hall–Kier alpha value is -3.15. The zero-order chi connectivity index (χ0) is 17.1. The molecule has 6 nitrogen and oxygen atoms in total. The van der Waals surface area contributed by atoms with Gasteiger partial charge in [-0.25, -0.2) is 4.79 Å². The smallest absolute Gasteiger partial charge is 0.336 e. The lowest BCUT2D eigenvalue weighted by Crippen LogP contribution is -2.07. The van der Waals surface area contributed by atoms with Crippen molar-refractivity contribution in [2.75, 3.05) is 11.9 Å². The van der Waals surface area contributed by atoms with Gasteiger partial charge < -0.3 is 24.7 Å². The molecule has 0 spiro atoms. The zero-order valence-electron chi connectivity index (χ0n) is 13.1. The molecule has 1 heterocycles. The Morgan fingerprint density at radius 2 is 1.88 bits per heavy atom. The highest BCUT2D eigenvalue weighted by Crippen LogP contribution is 2.32. The molecule has 0 saturated carbocycles. The van der Waals surface area contributed by atoms with E-state index in [1.165, 1.54) is 18.2 Å². The van der Waals surface area contributed by atoms with Crippen molar-refractivity contribution in [2.24, 2.45) is 0 Å². The summed E-state index contributed by atoms with van der Waals surface area (Å²) in [4.78, 5) is 11.7. The maximum atomic E-state index is 11.7. The number of hydrogen-bond donors (Lipinski definition) is 3. The van der Waals surface area contributed by atoms with E-state index in [2.05, 4.69) is 5.32 Å². The number of benzene rings is 2. The predicted octanol–water partition coefficient (Wildman–Crippen LogP) is 3.22. The first-order valence-electron chi connectivity index (χ1n) is 7.53. The molecule has 0 aliphatic rings. The van der Waals surface area contributed by atoms with Crippen molar-refractivity contribution in [2.45, 2.75) is 13.5 Å². The molecule has 0 amide bonds. The Labute approximate surface area is 137 Å². The van der Waals surface area contributed by atoms with Gasteiger partial charge in [-0.05, 0) is 30.7 Å². The van der Waals surface area contributed by atoms with Crippen LogP contribution in [0.2, 0.25) is 0 Å². The maximum absolute atomic E-state index is 11.7. The van der Waals surface area contributed by atoms with Crippen molar-refractivity contribution >= 4 is 16.7 Å². The maximum Gasteiger partial charge on any atom is 0.336 e. The molecule has 0 radical (unpaired) electrons. The number of phenols is 2. The molecule has 1 aromatic heterocycles. The van der Waals surface area contributed by atoms with E-state index in [1.54, 1.807) is 0 Å². The monoisotopic (exact) mass is 327 g/mol. The molecule has 124 valence electrons. The van der Waals surface area contributed by atoms with Gasteiger partial charge in [0.25, 0.3) is 0 Å². The fourth-order valence-corrected chi connectivity index (χ4v) is 2.48. The number of aromatic hydroxyl groups is 2. The van der Waals surface area contributed by atoms with Gasteiger partial charge in [0.05, 0.1) is 12.3 Å². The molecule has 3 N–H and O–H groups in total. The minimum Gasteiger partial charge on any atom is -0.504 e. The minimum atomic E-state index is -0.525. The standard InChI is InChI=1S/C18H17NO5/c1-2-23-16-6-4-3-5-13(16)19-10-11-7-18(22)24-17-9-15(21)14(20)8-12(11)17/h3-9,19-21H,2,10H2,1H3. The highest BCUT2D eigenvalue weighted by molar-refractivity contribution is 5.84. The number of anilines is 1. The van der Waals surface area contributed by atoms with Gasteiger partial charge in [0.2, 0.25) is 0 Å². The summed E-state index contributed by atoms with van der Waals surface area (Å²) in [6.07, 6.45) is 0. The van der Waals surface area contributed by atoms with Crippen molar-refractivity contribution in [1.82, 2.24) is 0 Å². The molecular formula is C18H17NO5. The summed E-state index contributed by atoms with van der Waals surface area (Å²) in [5.74, 6) is 0.109. The summed E-state index contributed by atoms with van der Waals surface area (Å²) in [7, 11) is 0. The normalized spacial score (nSPS) is 10.7.